The average molecular weight is 297 g/mol. The van der Waals surface area contributed by atoms with Crippen LogP contribution in [-0.2, 0) is 11.2 Å². The maximum atomic E-state index is 12.4. The molecule has 0 saturated carbocycles. The monoisotopic (exact) mass is 296 g/mol. The molecule has 20 heavy (non-hydrogen) atoms. The van der Waals surface area contributed by atoms with E-state index < -0.39 is 6.10 Å². The summed E-state index contributed by atoms with van der Waals surface area (Å²) >= 11 is 0. The second-order valence-electron chi connectivity index (χ2n) is 5.91. The molecule has 110 valence electrons. The molecule has 1 aromatic rings. The Hall–Kier alpha value is -1.10. The Labute approximate surface area is 125 Å². The van der Waals surface area contributed by atoms with Gasteiger partial charge < -0.3 is 15.7 Å². The predicted molar refractivity (Wildman–Crippen MR) is 79.9 cm³/mol. The fourth-order valence-electron chi connectivity index (χ4n) is 3.07. The molecule has 0 radical (unpaired) electrons. The van der Waals surface area contributed by atoms with Crippen molar-refractivity contribution in [2.75, 3.05) is 13.1 Å². The largest absolute Gasteiger partial charge is 0.390 e. The van der Waals surface area contributed by atoms with E-state index in [1.165, 1.54) is 0 Å². The van der Waals surface area contributed by atoms with Crippen molar-refractivity contribution in [3.05, 3.63) is 35.4 Å². The van der Waals surface area contributed by atoms with Crippen LogP contribution in [0.1, 0.15) is 30.5 Å². The standard InChI is InChI=1S/C15H20N2O2.ClH/c1-15(6-7-16-9-15)14(19)17-13-11-5-3-2-4-10(11)8-12(13)18;/h2-5,12-13,16,18H,6-9H2,1H3,(H,17,19);1H/t12-,13+,15?;/m1./s1. The molecule has 1 saturated heterocycles. The van der Waals surface area contributed by atoms with Gasteiger partial charge in [0.2, 0.25) is 5.91 Å². The summed E-state index contributed by atoms with van der Waals surface area (Å²) < 4.78 is 0. The summed E-state index contributed by atoms with van der Waals surface area (Å²) in [6.45, 7) is 3.58. The number of benzene rings is 1. The number of hydrogen-bond donors (Lipinski definition) is 3. The first-order valence-electron chi connectivity index (χ1n) is 6.88. The van der Waals surface area contributed by atoms with Crippen molar-refractivity contribution in [1.29, 1.82) is 0 Å². The maximum Gasteiger partial charge on any atom is 0.227 e. The van der Waals surface area contributed by atoms with E-state index in [9.17, 15) is 9.90 Å². The second-order valence-corrected chi connectivity index (χ2v) is 5.91. The Morgan fingerprint density at radius 1 is 1.45 bits per heavy atom. The molecule has 2 aliphatic rings. The van der Waals surface area contributed by atoms with Gasteiger partial charge in [0.1, 0.15) is 0 Å². The van der Waals surface area contributed by atoms with Crippen LogP contribution < -0.4 is 10.6 Å². The molecule has 1 unspecified atom stereocenters. The zero-order valence-electron chi connectivity index (χ0n) is 11.6. The number of nitrogens with one attached hydrogen (secondary N) is 2. The van der Waals surface area contributed by atoms with Crippen molar-refractivity contribution < 1.29 is 9.90 Å². The van der Waals surface area contributed by atoms with E-state index in [1.807, 2.05) is 31.2 Å². The number of carbonyl (C=O) groups excluding carboxylic acids is 1. The minimum absolute atomic E-state index is 0. The van der Waals surface area contributed by atoms with Crippen LogP contribution in [0.4, 0.5) is 0 Å². The lowest BCUT2D eigenvalue weighted by molar-refractivity contribution is -0.130. The van der Waals surface area contributed by atoms with Crippen LogP contribution in [0.2, 0.25) is 0 Å². The molecule has 1 amide bonds. The van der Waals surface area contributed by atoms with Crippen LogP contribution in [-0.4, -0.2) is 30.2 Å². The quantitative estimate of drug-likeness (QED) is 0.768. The lowest BCUT2D eigenvalue weighted by Crippen LogP contribution is -2.44. The summed E-state index contributed by atoms with van der Waals surface area (Å²) in [6.07, 6.45) is 0.957. The van der Waals surface area contributed by atoms with Gasteiger partial charge in [0.05, 0.1) is 17.6 Å². The number of rotatable bonds is 2. The molecule has 1 fully saturated rings. The van der Waals surface area contributed by atoms with Crippen LogP contribution in [0.3, 0.4) is 0 Å². The maximum absolute atomic E-state index is 12.4. The van der Waals surface area contributed by atoms with Crippen LogP contribution in [0.5, 0.6) is 0 Å². The first-order valence-corrected chi connectivity index (χ1v) is 6.88. The molecule has 3 N–H and O–H groups in total. The lowest BCUT2D eigenvalue weighted by atomic mass is 9.88. The van der Waals surface area contributed by atoms with Crippen LogP contribution in [0.25, 0.3) is 0 Å². The molecule has 1 aromatic carbocycles. The van der Waals surface area contributed by atoms with Gasteiger partial charge in [-0.3, -0.25) is 4.79 Å². The van der Waals surface area contributed by atoms with Gasteiger partial charge >= 0.3 is 0 Å². The number of aliphatic hydroxyl groups is 1. The Kier molecular flexibility index (Phi) is 4.37. The molecule has 5 heteroatoms. The van der Waals surface area contributed by atoms with Gasteiger partial charge in [0, 0.05) is 13.0 Å². The Balaban J connectivity index is 0.00000147. The third-order valence-electron chi connectivity index (χ3n) is 4.41. The van der Waals surface area contributed by atoms with E-state index in [1.54, 1.807) is 0 Å². The lowest BCUT2D eigenvalue weighted by Gasteiger charge is -2.26. The summed E-state index contributed by atoms with van der Waals surface area (Å²) in [5.41, 5.74) is 1.84. The van der Waals surface area contributed by atoms with Gasteiger partial charge in [-0.2, -0.15) is 0 Å². The van der Waals surface area contributed by atoms with Crippen molar-refractivity contribution >= 4 is 18.3 Å². The van der Waals surface area contributed by atoms with E-state index in [0.717, 1.165) is 24.1 Å². The van der Waals surface area contributed by atoms with E-state index in [0.29, 0.717) is 13.0 Å². The highest BCUT2D eigenvalue weighted by molar-refractivity contribution is 5.85. The van der Waals surface area contributed by atoms with Crippen LogP contribution >= 0.6 is 12.4 Å². The minimum atomic E-state index is -0.515. The summed E-state index contributed by atoms with van der Waals surface area (Å²) in [5.74, 6) is 0.0400. The molecule has 0 bridgehead atoms. The normalized spacial score (nSPS) is 31.5. The van der Waals surface area contributed by atoms with Gasteiger partial charge in [0.25, 0.3) is 0 Å². The summed E-state index contributed by atoms with van der Waals surface area (Å²) in [5, 5.41) is 16.4. The van der Waals surface area contributed by atoms with Crippen molar-refractivity contribution in [3.63, 3.8) is 0 Å². The smallest absolute Gasteiger partial charge is 0.227 e. The van der Waals surface area contributed by atoms with E-state index in [4.69, 9.17) is 0 Å². The number of amides is 1. The van der Waals surface area contributed by atoms with E-state index >= 15 is 0 Å². The number of hydrogen-bond acceptors (Lipinski definition) is 3. The zero-order chi connectivity index (χ0) is 13.5. The molecule has 3 atom stereocenters. The fourth-order valence-corrected chi connectivity index (χ4v) is 3.07. The van der Waals surface area contributed by atoms with E-state index in [2.05, 4.69) is 10.6 Å². The molecular formula is C15H21ClN2O2. The number of carbonyl (C=O) groups is 1. The number of aliphatic hydroxyl groups excluding tert-OH is 1. The van der Waals surface area contributed by atoms with Gasteiger partial charge in [-0.05, 0) is 31.0 Å². The highest BCUT2D eigenvalue weighted by Crippen LogP contribution is 2.33. The number of fused-ring (bicyclic) bond motifs is 1. The van der Waals surface area contributed by atoms with Crippen molar-refractivity contribution in [1.82, 2.24) is 10.6 Å². The first kappa shape index (κ1) is 15.3. The molecule has 4 nitrogen and oxygen atoms in total. The fraction of sp³-hybridized carbons (Fsp3) is 0.533. The van der Waals surface area contributed by atoms with Crippen molar-refractivity contribution in [3.8, 4) is 0 Å². The minimum Gasteiger partial charge on any atom is -0.390 e. The molecule has 0 spiro atoms. The third kappa shape index (κ3) is 2.55. The van der Waals surface area contributed by atoms with E-state index in [-0.39, 0.29) is 29.8 Å². The molecule has 1 aliphatic heterocycles. The zero-order valence-corrected chi connectivity index (χ0v) is 12.4. The highest BCUT2D eigenvalue weighted by Gasteiger charge is 2.40. The average Bonchev–Trinajstić information content (AvgIpc) is 2.96. The molecule has 1 heterocycles. The third-order valence-corrected chi connectivity index (χ3v) is 4.41. The Morgan fingerprint density at radius 2 is 2.20 bits per heavy atom. The van der Waals surface area contributed by atoms with Gasteiger partial charge in [-0.1, -0.05) is 24.3 Å². The SMILES string of the molecule is CC1(C(=O)N[C@H]2c3ccccc3C[C@H]2O)CCNC1.Cl. The highest BCUT2D eigenvalue weighted by atomic mass is 35.5. The van der Waals surface area contributed by atoms with Crippen molar-refractivity contribution in [2.45, 2.75) is 31.9 Å². The number of halogens is 1. The molecule has 3 rings (SSSR count). The predicted octanol–water partition coefficient (Wildman–Crippen LogP) is 1.18. The molecular weight excluding hydrogens is 276 g/mol. The first-order chi connectivity index (χ1) is 9.10. The van der Waals surface area contributed by atoms with Gasteiger partial charge in [-0.15, -0.1) is 12.4 Å². The summed E-state index contributed by atoms with van der Waals surface area (Å²) in [7, 11) is 0. The Bertz CT molecular complexity index is 500. The second kappa shape index (κ2) is 5.72. The Morgan fingerprint density at radius 3 is 2.90 bits per heavy atom. The topological polar surface area (TPSA) is 61.4 Å². The van der Waals surface area contributed by atoms with Crippen LogP contribution in [0.15, 0.2) is 24.3 Å². The van der Waals surface area contributed by atoms with Gasteiger partial charge in [0.15, 0.2) is 0 Å². The van der Waals surface area contributed by atoms with Crippen molar-refractivity contribution in [2.24, 2.45) is 5.41 Å². The molecule has 1 aliphatic carbocycles. The van der Waals surface area contributed by atoms with Crippen LogP contribution in [0, 0.1) is 5.41 Å². The van der Waals surface area contributed by atoms with Gasteiger partial charge in [-0.25, -0.2) is 0 Å². The molecule has 0 aromatic heterocycles. The summed E-state index contributed by atoms with van der Waals surface area (Å²) in [6, 6.07) is 7.67. The summed E-state index contributed by atoms with van der Waals surface area (Å²) in [4.78, 5) is 12.4.